The fraction of sp³-hybridized carbons (Fsp3) is 0.481. The number of carbonyl (C=O) groups excluding carboxylic acids is 1. The molecule has 37 heavy (non-hydrogen) atoms. The van der Waals surface area contributed by atoms with Crippen LogP contribution in [0, 0.1) is 0 Å². The van der Waals surface area contributed by atoms with Crippen LogP contribution >= 0.6 is 22.9 Å². The summed E-state index contributed by atoms with van der Waals surface area (Å²) < 4.78 is 34.9. The fourth-order valence-corrected chi connectivity index (χ4v) is 7.14. The van der Waals surface area contributed by atoms with Gasteiger partial charge in [-0.1, -0.05) is 55.7 Å². The van der Waals surface area contributed by atoms with Gasteiger partial charge in [-0.3, -0.25) is 9.69 Å². The van der Waals surface area contributed by atoms with Gasteiger partial charge in [-0.05, 0) is 62.1 Å². The van der Waals surface area contributed by atoms with Crippen LogP contribution in [0.1, 0.15) is 62.7 Å². The minimum Gasteiger partial charge on any atom is -0.376 e. The van der Waals surface area contributed by atoms with Crippen molar-refractivity contribution in [3.63, 3.8) is 0 Å². The van der Waals surface area contributed by atoms with Crippen molar-refractivity contribution in [2.45, 2.75) is 63.4 Å². The molecule has 0 bridgehead atoms. The predicted molar refractivity (Wildman–Crippen MR) is 150 cm³/mol. The summed E-state index contributed by atoms with van der Waals surface area (Å²) in [5, 5.41) is 1.08. The van der Waals surface area contributed by atoms with Crippen molar-refractivity contribution in [2.24, 2.45) is 0 Å². The number of aromatic nitrogens is 1. The molecule has 1 atom stereocenters. The highest BCUT2D eigenvalue weighted by molar-refractivity contribution is 7.89. The van der Waals surface area contributed by atoms with E-state index in [9.17, 15) is 13.2 Å². The lowest BCUT2D eigenvalue weighted by Crippen LogP contribution is -2.37. The van der Waals surface area contributed by atoms with E-state index in [1.165, 1.54) is 23.5 Å². The van der Waals surface area contributed by atoms with Crippen molar-refractivity contribution in [1.29, 1.82) is 0 Å². The molecule has 4 rings (SSSR count). The highest BCUT2D eigenvalue weighted by Gasteiger charge is 2.28. The van der Waals surface area contributed by atoms with E-state index in [-0.39, 0.29) is 16.9 Å². The molecule has 7 nitrogen and oxygen atoms in total. The quantitative estimate of drug-likeness (QED) is 0.256. The maximum Gasteiger partial charge on any atom is 0.260 e. The number of sulfonamides is 1. The van der Waals surface area contributed by atoms with Crippen LogP contribution in [0.3, 0.4) is 0 Å². The van der Waals surface area contributed by atoms with Crippen molar-refractivity contribution >= 4 is 54.2 Å². The highest BCUT2D eigenvalue weighted by atomic mass is 35.5. The van der Waals surface area contributed by atoms with Crippen LogP contribution < -0.4 is 4.90 Å². The Hall–Kier alpha value is -2.04. The van der Waals surface area contributed by atoms with Gasteiger partial charge in [0.1, 0.15) is 5.52 Å². The van der Waals surface area contributed by atoms with Crippen LogP contribution in [-0.4, -0.2) is 56.0 Å². The summed E-state index contributed by atoms with van der Waals surface area (Å²) in [5.74, 6) is -0.247. The number of thiazole rings is 1. The number of para-hydroxylation sites is 1. The number of halogens is 1. The van der Waals surface area contributed by atoms with E-state index >= 15 is 0 Å². The summed E-state index contributed by atoms with van der Waals surface area (Å²) in [5.41, 5.74) is 1.06. The number of ether oxygens (including phenoxy) is 1. The van der Waals surface area contributed by atoms with Crippen LogP contribution in [0.15, 0.2) is 47.4 Å². The number of fused-ring (bicyclic) bond motifs is 1. The maximum absolute atomic E-state index is 13.7. The molecule has 200 valence electrons. The third-order valence-corrected chi connectivity index (χ3v) is 9.77. The Morgan fingerprint density at radius 2 is 1.81 bits per heavy atom. The van der Waals surface area contributed by atoms with E-state index in [0.29, 0.717) is 47.5 Å². The average Bonchev–Trinajstić information content (AvgIpc) is 3.57. The summed E-state index contributed by atoms with van der Waals surface area (Å²) in [6, 6.07) is 11.8. The first-order valence-electron chi connectivity index (χ1n) is 12.9. The monoisotopic (exact) mass is 563 g/mol. The van der Waals surface area contributed by atoms with E-state index in [0.717, 1.165) is 43.2 Å². The van der Waals surface area contributed by atoms with Gasteiger partial charge in [0.05, 0.1) is 27.3 Å². The van der Waals surface area contributed by atoms with Crippen LogP contribution in [-0.2, 0) is 14.8 Å². The molecular weight excluding hydrogens is 530 g/mol. The molecule has 0 aliphatic carbocycles. The molecule has 0 N–H and O–H groups in total. The number of benzene rings is 2. The number of nitrogens with zero attached hydrogens (tertiary/aromatic N) is 3. The van der Waals surface area contributed by atoms with Gasteiger partial charge < -0.3 is 4.74 Å². The zero-order chi connectivity index (χ0) is 26.4. The van der Waals surface area contributed by atoms with Crippen LogP contribution in [0.4, 0.5) is 5.13 Å². The zero-order valence-electron chi connectivity index (χ0n) is 21.4. The van der Waals surface area contributed by atoms with Gasteiger partial charge >= 0.3 is 0 Å². The minimum absolute atomic E-state index is 0.0724. The molecule has 0 saturated carbocycles. The standard InChI is InChI=1S/C27H34ClN3O4S2/c1-3-5-16-30(17-6-4-2)37(33,34)22-14-12-20(13-15-22)26(32)31(19-21-9-8-18-35-21)27-29-25-23(28)10-7-11-24(25)36-27/h7,10-15,21H,3-6,8-9,16-19H2,1-2H3. The number of hydrogen-bond donors (Lipinski definition) is 0. The van der Waals surface area contributed by atoms with Crippen molar-refractivity contribution in [3.05, 3.63) is 53.1 Å². The molecule has 1 fully saturated rings. The highest BCUT2D eigenvalue weighted by Crippen LogP contribution is 2.34. The summed E-state index contributed by atoms with van der Waals surface area (Å²) in [7, 11) is -3.64. The van der Waals surface area contributed by atoms with Gasteiger partial charge in [0.15, 0.2) is 5.13 Å². The van der Waals surface area contributed by atoms with Crippen LogP contribution in [0.2, 0.25) is 5.02 Å². The van der Waals surface area contributed by atoms with E-state index in [4.69, 9.17) is 16.3 Å². The Morgan fingerprint density at radius 1 is 1.11 bits per heavy atom. The Kier molecular flexibility index (Phi) is 9.58. The third-order valence-electron chi connectivity index (χ3n) is 6.51. The lowest BCUT2D eigenvalue weighted by atomic mass is 10.2. The van der Waals surface area contributed by atoms with Crippen molar-refractivity contribution in [2.75, 3.05) is 31.1 Å². The van der Waals surface area contributed by atoms with Gasteiger partial charge in [0, 0.05) is 25.3 Å². The smallest absolute Gasteiger partial charge is 0.260 e. The normalized spacial score (nSPS) is 16.1. The molecule has 1 amide bonds. The second-order valence-corrected chi connectivity index (χ2v) is 12.6. The minimum atomic E-state index is -3.64. The molecule has 1 aromatic heterocycles. The molecular formula is C27H34ClN3O4S2. The first-order chi connectivity index (χ1) is 17.8. The van der Waals surface area contributed by atoms with E-state index in [2.05, 4.69) is 4.98 Å². The zero-order valence-corrected chi connectivity index (χ0v) is 23.7. The van der Waals surface area contributed by atoms with E-state index < -0.39 is 10.0 Å². The number of unbranched alkanes of at least 4 members (excludes halogenated alkanes) is 2. The largest absolute Gasteiger partial charge is 0.376 e. The Bertz CT molecular complexity index is 1300. The van der Waals surface area contributed by atoms with E-state index in [1.54, 1.807) is 27.4 Å². The topological polar surface area (TPSA) is 79.8 Å². The molecule has 10 heteroatoms. The molecule has 2 aromatic carbocycles. The summed E-state index contributed by atoms with van der Waals surface area (Å²) in [6.07, 6.45) is 5.21. The Labute approximate surface area is 228 Å². The van der Waals surface area contributed by atoms with Crippen molar-refractivity contribution in [1.82, 2.24) is 9.29 Å². The fourth-order valence-electron chi connectivity index (χ4n) is 4.35. The second-order valence-electron chi connectivity index (χ2n) is 9.27. The van der Waals surface area contributed by atoms with Crippen molar-refractivity contribution in [3.8, 4) is 0 Å². The summed E-state index contributed by atoms with van der Waals surface area (Å²) >= 11 is 7.75. The van der Waals surface area contributed by atoms with Gasteiger partial charge in [-0.2, -0.15) is 4.31 Å². The molecule has 1 aliphatic rings. The maximum atomic E-state index is 13.7. The Balaban J connectivity index is 1.61. The lowest BCUT2D eigenvalue weighted by molar-refractivity contribution is 0.0917. The molecule has 3 aromatic rings. The lowest BCUT2D eigenvalue weighted by Gasteiger charge is -2.24. The third kappa shape index (κ3) is 6.52. The number of amides is 1. The molecule has 0 radical (unpaired) electrons. The number of carbonyl (C=O) groups is 1. The first kappa shape index (κ1) is 28.0. The van der Waals surface area contributed by atoms with Gasteiger partial charge in [-0.15, -0.1) is 0 Å². The van der Waals surface area contributed by atoms with Crippen LogP contribution in [0.5, 0.6) is 0 Å². The Morgan fingerprint density at radius 3 is 2.41 bits per heavy atom. The predicted octanol–water partition coefficient (Wildman–Crippen LogP) is 6.37. The van der Waals surface area contributed by atoms with E-state index in [1.807, 2.05) is 26.0 Å². The van der Waals surface area contributed by atoms with Crippen molar-refractivity contribution < 1.29 is 17.9 Å². The number of anilines is 1. The first-order valence-corrected chi connectivity index (χ1v) is 15.6. The number of hydrogen-bond acceptors (Lipinski definition) is 6. The number of rotatable bonds is 12. The molecule has 1 saturated heterocycles. The average molecular weight is 564 g/mol. The SMILES string of the molecule is CCCCN(CCCC)S(=O)(=O)c1ccc(C(=O)N(CC2CCCO2)c2nc3c(Cl)cccc3s2)cc1. The van der Waals surface area contributed by atoms with Crippen LogP contribution in [0.25, 0.3) is 10.2 Å². The molecule has 2 heterocycles. The van der Waals surface area contributed by atoms with Gasteiger partial charge in [0.25, 0.3) is 5.91 Å². The van der Waals surface area contributed by atoms with Gasteiger partial charge in [-0.25, -0.2) is 13.4 Å². The molecule has 1 aliphatic heterocycles. The van der Waals surface area contributed by atoms with Gasteiger partial charge in [0.2, 0.25) is 10.0 Å². The summed E-state index contributed by atoms with van der Waals surface area (Å²) in [6.45, 7) is 6.14. The molecule has 1 unspecified atom stereocenters. The summed E-state index contributed by atoms with van der Waals surface area (Å²) in [4.78, 5) is 20.2. The molecule has 0 spiro atoms. The second kappa shape index (κ2) is 12.7.